The molecule has 0 fully saturated rings. The highest BCUT2D eigenvalue weighted by atomic mass is 32.2. The SMILES string of the molecule is C=CCCCN(CCCC=C)S(=O)(=O)c1ccc(C=C)cc1. The fraction of sp³-hybridized carbons (Fsp3) is 0.333. The number of hydrogen-bond acceptors (Lipinski definition) is 2. The van der Waals surface area contributed by atoms with E-state index in [0.717, 1.165) is 31.2 Å². The van der Waals surface area contributed by atoms with E-state index < -0.39 is 10.0 Å². The standard InChI is InChI=1S/C18H25NO2S/c1-4-7-9-15-19(16-10-8-5-2)22(20,21)18-13-11-17(6-3)12-14-18/h4-6,11-14H,1-3,7-10,15-16H2. The summed E-state index contributed by atoms with van der Waals surface area (Å²) in [4.78, 5) is 0.329. The molecule has 1 rings (SSSR count). The highest BCUT2D eigenvalue weighted by molar-refractivity contribution is 7.89. The first kappa shape index (κ1) is 18.4. The molecule has 0 atom stereocenters. The number of unbranched alkanes of at least 4 members (excludes halogenated alkanes) is 2. The molecular formula is C18H25NO2S. The minimum Gasteiger partial charge on any atom is -0.207 e. The molecule has 0 spiro atoms. The third-order valence-corrected chi connectivity index (χ3v) is 5.30. The van der Waals surface area contributed by atoms with Crippen LogP contribution in [0.15, 0.2) is 61.0 Å². The molecule has 0 amide bonds. The van der Waals surface area contributed by atoms with E-state index in [0.29, 0.717) is 18.0 Å². The smallest absolute Gasteiger partial charge is 0.207 e. The molecule has 0 aliphatic heterocycles. The van der Waals surface area contributed by atoms with Crippen molar-refractivity contribution in [2.45, 2.75) is 30.6 Å². The molecule has 0 aromatic heterocycles. The van der Waals surface area contributed by atoms with Crippen LogP contribution in [0.1, 0.15) is 31.2 Å². The molecule has 0 N–H and O–H groups in total. The van der Waals surface area contributed by atoms with E-state index in [4.69, 9.17) is 0 Å². The summed E-state index contributed by atoms with van der Waals surface area (Å²) in [5.74, 6) is 0. The molecule has 0 saturated carbocycles. The van der Waals surface area contributed by atoms with E-state index in [1.807, 2.05) is 12.2 Å². The normalized spacial score (nSPS) is 11.3. The molecule has 22 heavy (non-hydrogen) atoms. The van der Waals surface area contributed by atoms with E-state index in [1.54, 1.807) is 34.6 Å². The van der Waals surface area contributed by atoms with Crippen molar-refractivity contribution < 1.29 is 8.42 Å². The van der Waals surface area contributed by atoms with Gasteiger partial charge in [0.05, 0.1) is 4.90 Å². The number of hydrogen-bond donors (Lipinski definition) is 0. The predicted molar refractivity (Wildman–Crippen MR) is 94.2 cm³/mol. The molecule has 0 heterocycles. The van der Waals surface area contributed by atoms with Gasteiger partial charge in [-0.05, 0) is 43.4 Å². The highest BCUT2D eigenvalue weighted by Gasteiger charge is 2.23. The maximum Gasteiger partial charge on any atom is 0.243 e. The molecule has 0 saturated heterocycles. The molecule has 3 nitrogen and oxygen atoms in total. The summed E-state index contributed by atoms with van der Waals surface area (Å²) in [6.45, 7) is 12.1. The average molecular weight is 319 g/mol. The molecule has 0 bridgehead atoms. The minimum atomic E-state index is -3.46. The maximum absolute atomic E-state index is 12.8. The topological polar surface area (TPSA) is 37.4 Å². The molecule has 0 unspecified atom stereocenters. The van der Waals surface area contributed by atoms with Gasteiger partial charge in [0.25, 0.3) is 0 Å². The van der Waals surface area contributed by atoms with E-state index in [2.05, 4.69) is 19.7 Å². The molecule has 1 aromatic carbocycles. The summed E-state index contributed by atoms with van der Waals surface area (Å²) >= 11 is 0. The van der Waals surface area contributed by atoms with Crippen molar-refractivity contribution >= 4 is 16.1 Å². The van der Waals surface area contributed by atoms with Gasteiger partial charge in [-0.1, -0.05) is 36.9 Å². The van der Waals surface area contributed by atoms with E-state index in [9.17, 15) is 8.42 Å². The predicted octanol–water partition coefficient (Wildman–Crippen LogP) is 4.25. The van der Waals surface area contributed by atoms with Gasteiger partial charge in [0.15, 0.2) is 0 Å². The first-order chi connectivity index (χ1) is 10.6. The Hall–Kier alpha value is -1.65. The zero-order valence-electron chi connectivity index (χ0n) is 13.1. The number of sulfonamides is 1. The summed E-state index contributed by atoms with van der Waals surface area (Å²) in [6.07, 6.45) is 8.50. The fourth-order valence-corrected chi connectivity index (χ4v) is 3.62. The van der Waals surface area contributed by atoms with Gasteiger partial charge in [-0.15, -0.1) is 13.2 Å². The Morgan fingerprint density at radius 1 is 0.909 bits per heavy atom. The lowest BCUT2D eigenvalue weighted by atomic mass is 10.2. The van der Waals surface area contributed by atoms with Crippen molar-refractivity contribution in [2.24, 2.45) is 0 Å². The van der Waals surface area contributed by atoms with Crippen LogP contribution in [0.2, 0.25) is 0 Å². The second-order valence-electron chi connectivity index (χ2n) is 5.04. The molecule has 0 aliphatic carbocycles. The molecule has 0 aliphatic rings. The van der Waals surface area contributed by atoms with Crippen LogP contribution < -0.4 is 0 Å². The van der Waals surface area contributed by atoms with Gasteiger partial charge in [-0.2, -0.15) is 4.31 Å². The first-order valence-electron chi connectivity index (χ1n) is 7.50. The van der Waals surface area contributed by atoms with Gasteiger partial charge in [0.2, 0.25) is 10.0 Å². The zero-order valence-corrected chi connectivity index (χ0v) is 13.9. The van der Waals surface area contributed by atoms with E-state index in [1.165, 1.54) is 0 Å². The summed E-state index contributed by atoms with van der Waals surface area (Å²) < 4.78 is 27.1. The summed E-state index contributed by atoms with van der Waals surface area (Å²) in [5, 5.41) is 0. The molecule has 120 valence electrons. The summed E-state index contributed by atoms with van der Waals surface area (Å²) in [6, 6.07) is 6.82. The van der Waals surface area contributed by atoms with Gasteiger partial charge in [0.1, 0.15) is 0 Å². The van der Waals surface area contributed by atoms with Crippen LogP contribution in [-0.4, -0.2) is 25.8 Å². The lowest BCUT2D eigenvalue weighted by molar-refractivity contribution is 0.400. The van der Waals surface area contributed by atoms with Crippen LogP contribution in [-0.2, 0) is 10.0 Å². The van der Waals surface area contributed by atoms with Crippen molar-refractivity contribution in [2.75, 3.05) is 13.1 Å². The largest absolute Gasteiger partial charge is 0.243 e. The molecule has 0 radical (unpaired) electrons. The monoisotopic (exact) mass is 319 g/mol. The third kappa shape index (κ3) is 5.28. The van der Waals surface area contributed by atoms with Crippen LogP contribution in [0.3, 0.4) is 0 Å². The van der Waals surface area contributed by atoms with Gasteiger partial charge in [-0.3, -0.25) is 0 Å². The molecule has 1 aromatic rings. The Morgan fingerprint density at radius 2 is 1.41 bits per heavy atom. The Kier molecular flexibility index (Phi) is 7.85. The van der Waals surface area contributed by atoms with Gasteiger partial charge in [0, 0.05) is 13.1 Å². The minimum absolute atomic E-state index is 0.329. The second-order valence-corrected chi connectivity index (χ2v) is 6.98. The fourth-order valence-electron chi connectivity index (χ4n) is 2.10. The lowest BCUT2D eigenvalue weighted by Crippen LogP contribution is -2.33. The van der Waals surface area contributed by atoms with Crippen LogP contribution in [0.5, 0.6) is 0 Å². The summed E-state index contributed by atoms with van der Waals surface area (Å²) in [7, 11) is -3.46. The van der Waals surface area contributed by atoms with Crippen LogP contribution in [0.25, 0.3) is 6.08 Å². The number of allylic oxidation sites excluding steroid dienone is 2. The third-order valence-electron chi connectivity index (χ3n) is 3.39. The molecule has 4 heteroatoms. The summed E-state index contributed by atoms with van der Waals surface area (Å²) in [5.41, 5.74) is 0.906. The number of benzene rings is 1. The first-order valence-corrected chi connectivity index (χ1v) is 8.94. The Bertz CT molecular complexity index is 574. The van der Waals surface area contributed by atoms with Crippen molar-refractivity contribution in [3.05, 3.63) is 61.7 Å². The van der Waals surface area contributed by atoms with E-state index in [-0.39, 0.29) is 0 Å². The van der Waals surface area contributed by atoms with E-state index >= 15 is 0 Å². The van der Waals surface area contributed by atoms with Crippen molar-refractivity contribution in [1.29, 1.82) is 0 Å². The quantitative estimate of drug-likeness (QED) is 0.451. The molecular weight excluding hydrogens is 294 g/mol. The van der Waals surface area contributed by atoms with Crippen LogP contribution in [0, 0.1) is 0 Å². The zero-order chi connectivity index (χ0) is 16.4. The van der Waals surface area contributed by atoms with Gasteiger partial charge in [-0.25, -0.2) is 8.42 Å². The number of nitrogens with zero attached hydrogens (tertiary/aromatic N) is 1. The second kappa shape index (κ2) is 9.38. The van der Waals surface area contributed by atoms with Crippen molar-refractivity contribution in [3.8, 4) is 0 Å². The Morgan fingerprint density at radius 3 is 1.82 bits per heavy atom. The van der Waals surface area contributed by atoms with Crippen LogP contribution >= 0.6 is 0 Å². The van der Waals surface area contributed by atoms with Crippen molar-refractivity contribution in [1.82, 2.24) is 4.31 Å². The van der Waals surface area contributed by atoms with Gasteiger partial charge < -0.3 is 0 Å². The van der Waals surface area contributed by atoms with Crippen LogP contribution in [0.4, 0.5) is 0 Å². The Balaban J connectivity index is 2.93. The average Bonchev–Trinajstić information content (AvgIpc) is 2.53. The number of rotatable bonds is 11. The maximum atomic E-state index is 12.8. The lowest BCUT2D eigenvalue weighted by Gasteiger charge is -2.22. The highest BCUT2D eigenvalue weighted by Crippen LogP contribution is 2.18. The Labute approximate surface area is 134 Å². The van der Waals surface area contributed by atoms with Gasteiger partial charge >= 0.3 is 0 Å². The van der Waals surface area contributed by atoms with Crippen molar-refractivity contribution in [3.63, 3.8) is 0 Å².